The molecule has 0 saturated carbocycles. The average Bonchev–Trinajstić information content (AvgIpc) is 3.60. The highest BCUT2D eigenvalue weighted by molar-refractivity contribution is 7.89. The molecule has 1 saturated heterocycles. The van der Waals surface area contributed by atoms with Crippen LogP contribution in [-0.4, -0.2) is 48.3 Å². The van der Waals surface area contributed by atoms with Crippen LogP contribution in [0.3, 0.4) is 0 Å². The van der Waals surface area contributed by atoms with Gasteiger partial charge in [0, 0.05) is 12.7 Å². The summed E-state index contributed by atoms with van der Waals surface area (Å²) in [6, 6.07) is 17.0. The summed E-state index contributed by atoms with van der Waals surface area (Å²) < 4.78 is 34.6. The first-order valence-electron chi connectivity index (χ1n) is 12.2. The van der Waals surface area contributed by atoms with Gasteiger partial charge in [-0.15, -0.1) is 0 Å². The van der Waals surface area contributed by atoms with Crippen LogP contribution in [0.2, 0.25) is 0 Å². The molecule has 2 aromatic carbocycles. The summed E-state index contributed by atoms with van der Waals surface area (Å²) in [5.74, 6) is 0.272. The van der Waals surface area contributed by atoms with Crippen LogP contribution in [0.15, 0.2) is 71.8 Å². The van der Waals surface area contributed by atoms with E-state index >= 15 is 0 Å². The number of ether oxygens (including phenoxy) is 1. The Labute approximate surface area is 220 Å². The van der Waals surface area contributed by atoms with Crippen molar-refractivity contribution >= 4 is 42.6 Å². The van der Waals surface area contributed by atoms with E-state index in [9.17, 15) is 13.2 Å². The molecule has 4 aromatic rings. The molecular weight excluding hydrogens is 508 g/mol. The zero-order valence-electron chi connectivity index (χ0n) is 20.7. The fraction of sp³-hybridized carbons (Fsp3) is 0.296. The lowest BCUT2D eigenvalue weighted by Crippen LogP contribution is -2.47. The van der Waals surface area contributed by atoms with Gasteiger partial charge in [0.05, 0.1) is 34.5 Å². The first-order valence-corrected chi connectivity index (χ1v) is 14.4. The summed E-state index contributed by atoms with van der Waals surface area (Å²) in [4.78, 5) is 25.1. The molecule has 5 rings (SSSR count). The first kappa shape index (κ1) is 25.3. The monoisotopic (exact) mass is 536 g/mol. The number of amides is 1. The predicted octanol–water partition coefficient (Wildman–Crippen LogP) is 4.65. The van der Waals surface area contributed by atoms with Gasteiger partial charge in [-0.05, 0) is 67.3 Å². The van der Waals surface area contributed by atoms with Crippen LogP contribution >= 0.6 is 11.3 Å². The molecule has 10 heteroatoms. The molecule has 8 nitrogen and oxygen atoms in total. The first-order chi connectivity index (χ1) is 17.9. The largest absolute Gasteiger partial charge is 0.497 e. The predicted molar refractivity (Wildman–Crippen MR) is 144 cm³/mol. The summed E-state index contributed by atoms with van der Waals surface area (Å²) in [7, 11) is -2.36. The van der Waals surface area contributed by atoms with E-state index in [0.29, 0.717) is 29.4 Å². The van der Waals surface area contributed by atoms with E-state index in [1.54, 1.807) is 23.2 Å². The van der Waals surface area contributed by atoms with Gasteiger partial charge in [0.25, 0.3) is 0 Å². The molecular formula is C27H28N4O4S2. The number of carbonyl (C=O) groups excluding carboxylic acids is 1. The zero-order chi connectivity index (χ0) is 26.0. The van der Waals surface area contributed by atoms with Crippen LogP contribution in [-0.2, 0) is 27.8 Å². The average molecular weight is 537 g/mol. The summed E-state index contributed by atoms with van der Waals surface area (Å²) in [5, 5.41) is 0.542. The Balaban J connectivity index is 1.52. The van der Waals surface area contributed by atoms with Gasteiger partial charge in [-0.3, -0.25) is 14.7 Å². The van der Waals surface area contributed by atoms with Crippen LogP contribution in [0, 0.1) is 0 Å². The number of fused-ring (bicyclic) bond motifs is 1. The lowest BCUT2D eigenvalue weighted by Gasteiger charge is -2.28. The maximum absolute atomic E-state index is 14.1. The minimum absolute atomic E-state index is 0.136. The van der Waals surface area contributed by atoms with Crippen LogP contribution in [0.25, 0.3) is 10.2 Å². The Hall–Kier alpha value is -3.34. The number of aromatic nitrogens is 2. The smallest absolute Gasteiger partial charge is 0.247 e. The van der Waals surface area contributed by atoms with E-state index in [1.165, 1.54) is 34.9 Å². The summed E-state index contributed by atoms with van der Waals surface area (Å²) in [5.41, 5.74) is 2.68. The minimum atomic E-state index is -3.88. The third-order valence-corrected chi connectivity index (χ3v) is 9.54. The van der Waals surface area contributed by atoms with Crippen molar-refractivity contribution in [1.29, 1.82) is 0 Å². The number of anilines is 1. The molecule has 3 heterocycles. The topological polar surface area (TPSA) is 92.7 Å². The minimum Gasteiger partial charge on any atom is -0.497 e. The molecule has 192 valence electrons. The van der Waals surface area contributed by atoms with E-state index in [1.807, 2.05) is 36.4 Å². The number of rotatable bonds is 8. The van der Waals surface area contributed by atoms with Crippen molar-refractivity contribution in [3.05, 3.63) is 78.1 Å². The summed E-state index contributed by atoms with van der Waals surface area (Å²) >= 11 is 1.43. The molecule has 1 unspecified atom stereocenters. The van der Waals surface area contributed by atoms with Crippen LogP contribution in [0.4, 0.5) is 5.13 Å². The number of para-hydroxylation sites is 1. The molecule has 0 N–H and O–H groups in total. The summed E-state index contributed by atoms with van der Waals surface area (Å²) in [6.07, 6.45) is 3.55. The normalized spacial score (nSPS) is 16.2. The number of benzene rings is 2. The number of nitrogens with zero attached hydrogens (tertiary/aromatic N) is 4. The van der Waals surface area contributed by atoms with Crippen molar-refractivity contribution in [2.75, 3.05) is 18.6 Å². The van der Waals surface area contributed by atoms with E-state index in [4.69, 9.17) is 9.72 Å². The second-order valence-electron chi connectivity index (χ2n) is 8.81. The highest BCUT2D eigenvalue weighted by Gasteiger charge is 2.42. The number of thiazole rings is 1. The van der Waals surface area contributed by atoms with Gasteiger partial charge in [-0.1, -0.05) is 36.5 Å². The van der Waals surface area contributed by atoms with Crippen molar-refractivity contribution in [2.24, 2.45) is 0 Å². The molecule has 1 fully saturated rings. The highest BCUT2D eigenvalue weighted by Crippen LogP contribution is 2.35. The van der Waals surface area contributed by atoms with Gasteiger partial charge in [0.15, 0.2) is 5.13 Å². The Morgan fingerprint density at radius 2 is 1.95 bits per heavy atom. The molecule has 1 aliphatic rings. The number of pyridine rings is 1. The number of hydrogen-bond acceptors (Lipinski definition) is 7. The van der Waals surface area contributed by atoms with E-state index in [-0.39, 0.29) is 23.9 Å². The van der Waals surface area contributed by atoms with Gasteiger partial charge >= 0.3 is 0 Å². The van der Waals surface area contributed by atoms with Gasteiger partial charge in [0.1, 0.15) is 11.8 Å². The number of sulfonamides is 1. The number of carbonyl (C=O) groups is 1. The van der Waals surface area contributed by atoms with E-state index < -0.39 is 16.1 Å². The second-order valence-corrected chi connectivity index (χ2v) is 11.7. The highest BCUT2D eigenvalue weighted by atomic mass is 32.2. The fourth-order valence-corrected chi connectivity index (χ4v) is 7.29. The quantitative estimate of drug-likeness (QED) is 0.326. The van der Waals surface area contributed by atoms with Gasteiger partial charge in [-0.2, -0.15) is 4.31 Å². The number of aryl methyl sites for hydroxylation is 1. The Morgan fingerprint density at radius 3 is 2.65 bits per heavy atom. The molecule has 1 amide bonds. The van der Waals surface area contributed by atoms with Crippen LogP contribution in [0.5, 0.6) is 5.75 Å². The molecule has 37 heavy (non-hydrogen) atoms. The maximum atomic E-state index is 14.1. The van der Waals surface area contributed by atoms with Crippen molar-refractivity contribution in [3.8, 4) is 5.75 Å². The van der Waals surface area contributed by atoms with E-state index in [0.717, 1.165) is 22.2 Å². The molecule has 1 aliphatic heterocycles. The Morgan fingerprint density at radius 1 is 1.14 bits per heavy atom. The Bertz CT molecular complexity index is 1500. The van der Waals surface area contributed by atoms with Crippen LogP contribution < -0.4 is 9.64 Å². The maximum Gasteiger partial charge on any atom is 0.247 e. The van der Waals surface area contributed by atoms with Crippen molar-refractivity contribution in [2.45, 2.75) is 43.7 Å². The standard InChI is InChI=1S/C27H28N4O4S2/c1-3-19-8-6-11-24-25(19)29-27(36-24)30(18-20-9-4-5-16-28-20)26(32)23-10-7-17-31(23)37(33,34)22-14-12-21(35-2)13-15-22/h4-6,8-9,11-16,23H,3,7,10,17-18H2,1-2H3. The SMILES string of the molecule is CCc1cccc2sc(N(Cc3ccccn3)C(=O)C3CCCN3S(=O)(=O)c3ccc(OC)cc3)nc12. The van der Waals surface area contributed by atoms with Crippen molar-refractivity contribution in [1.82, 2.24) is 14.3 Å². The molecule has 0 bridgehead atoms. The third-order valence-electron chi connectivity index (χ3n) is 6.57. The molecule has 2 aromatic heterocycles. The molecule has 1 atom stereocenters. The lowest BCUT2D eigenvalue weighted by molar-refractivity contribution is -0.121. The fourth-order valence-electron chi connectivity index (χ4n) is 4.63. The number of methoxy groups -OCH3 is 1. The molecule has 0 spiro atoms. The Kier molecular flexibility index (Phi) is 7.23. The van der Waals surface area contributed by atoms with Crippen molar-refractivity contribution in [3.63, 3.8) is 0 Å². The number of hydrogen-bond donors (Lipinski definition) is 0. The summed E-state index contributed by atoms with van der Waals surface area (Å²) in [6.45, 7) is 2.56. The zero-order valence-corrected chi connectivity index (χ0v) is 22.3. The van der Waals surface area contributed by atoms with Gasteiger partial charge in [-0.25, -0.2) is 13.4 Å². The van der Waals surface area contributed by atoms with E-state index in [2.05, 4.69) is 11.9 Å². The molecule has 0 aliphatic carbocycles. The third kappa shape index (κ3) is 4.96. The van der Waals surface area contributed by atoms with Crippen molar-refractivity contribution < 1.29 is 17.9 Å². The molecule has 0 radical (unpaired) electrons. The lowest BCUT2D eigenvalue weighted by atomic mass is 10.1. The van der Waals surface area contributed by atoms with Gasteiger partial charge in [0.2, 0.25) is 15.9 Å². The second kappa shape index (κ2) is 10.6. The van der Waals surface area contributed by atoms with Gasteiger partial charge < -0.3 is 4.74 Å². The van der Waals surface area contributed by atoms with Crippen LogP contribution in [0.1, 0.15) is 31.0 Å².